The van der Waals surface area contributed by atoms with E-state index in [0.717, 1.165) is 0 Å². The Morgan fingerprint density at radius 3 is 2.30 bits per heavy atom. The first-order chi connectivity index (χ1) is 11.0. The zero-order valence-electron chi connectivity index (χ0n) is 12.8. The van der Waals surface area contributed by atoms with Crippen molar-refractivity contribution in [1.29, 1.82) is 0 Å². The van der Waals surface area contributed by atoms with Gasteiger partial charge in [-0.3, -0.25) is 0 Å². The molecule has 2 aromatic heterocycles. The fourth-order valence-corrected chi connectivity index (χ4v) is 2.48. The Hall–Kier alpha value is -2.54. The second kappa shape index (κ2) is 5.92. The molecule has 0 aliphatic rings. The summed E-state index contributed by atoms with van der Waals surface area (Å²) in [5.41, 5.74) is 2.07. The van der Waals surface area contributed by atoms with Crippen molar-refractivity contribution in [1.82, 2.24) is 24.7 Å². The van der Waals surface area contributed by atoms with Gasteiger partial charge in [0.05, 0.1) is 23.2 Å². The average Bonchev–Trinajstić information content (AvgIpc) is 2.99. The Labute approximate surface area is 137 Å². The van der Waals surface area contributed by atoms with E-state index in [1.54, 1.807) is 27.7 Å². The van der Waals surface area contributed by atoms with Crippen LogP contribution in [-0.4, -0.2) is 30.9 Å². The monoisotopic (exact) mass is 332 g/mol. The van der Waals surface area contributed by atoms with Crippen LogP contribution in [0, 0.1) is 26.6 Å². The van der Waals surface area contributed by atoms with Crippen LogP contribution >= 0.6 is 11.6 Å². The number of aryl methyl sites for hydroxylation is 3. The molecule has 118 valence electrons. The summed E-state index contributed by atoms with van der Waals surface area (Å²) in [7, 11) is 0. The van der Waals surface area contributed by atoms with Crippen molar-refractivity contribution in [2.45, 2.75) is 20.8 Å². The van der Waals surface area contributed by atoms with Gasteiger partial charge < -0.3 is 0 Å². The Bertz CT molecular complexity index is 859. The first-order valence-electron chi connectivity index (χ1n) is 6.91. The van der Waals surface area contributed by atoms with Gasteiger partial charge in [-0.2, -0.15) is 10.2 Å². The van der Waals surface area contributed by atoms with Crippen molar-refractivity contribution in [3.8, 4) is 5.69 Å². The van der Waals surface area contributed by atoms with E-state index in [4.69, 9.17) is 11.6 Å². The van der Waals surface area contributed by atoms with Gasteiger partial charge in [0.2, 0.25) is 0 Å². The summed E-state index contributed by atoms with van der Waals surface area (Å²) in [4.78, 5) is 0. The van der Waals surface area contributed by atoms with Crippen molar-refractivity contribution < 1.29 is 4.39 Å². The Balaban J connectivity index is 2.00. The van der Waals surface area contributed by atoms with Crippen molar-refractivity contribution in [3.63, 3.8) is 0 Å². The topological polar surface area (TPSA) is 60.9 Å². The number of aromatic nitrogens is 5. The molecule has 0 amide bonds. The first-order valence-corrected chi connectivity index (χ1v) is 7.29. The molecule has 1 aromatic carbocycles. The normalized spacial score (nSPS) is 11.5. The molecule has 3 aromatic rings. The van der Waals surface area contributed by atoms with Crippen LogP contribution in [0.25, 0.3) is 5.69 Å². The molecular weight excluding hydrogens is 319 g/mol. The van der Waals surface area contributed by atoms with E-state index >= 15 is 0 Å². The van der Waals surface area contributed by atoms with Crippen LogP contribution in [-0.2, 0) is 0 Å². The summed E-state index contributed by atoms with van der Waals surface area (Å²) in [6.45, 7) is 5.46. The van der Waals surface area contributed by atoms with Gasteiger partial charge in [0, 0.05) is 0 Å². The molecule has 6 nitrogen and oxygen atoms in total. The zero-order valence-corrected chi connectivity index (χ0v) is 13.6. The summed E-state index contributed by atoms with van der Waals surface area (Å²) >= 11 is 6.40. The lowest BCUT2D eigenvalue weighted by Gasteiger charge is -2.02. The van der Waals surface area contributed by atoms with Gasteiger partial charge >= 0.3 is 0 Å². The van der Waals surface area contributed by atoms with Crippen molar-refractivity contribution in [2.75, 3.05) is 0 Å². The SMILES string of the molecule is Cc1nn(-c2ccc(F)cc2)c(Cl)c1/C=N\n1c(C)nnc1C. The highest BCUT2D eigenvalue weighted by Crippen LogP contribution is 2.22. The third kappa shape index (κ3) is 2.87. The van der Waals surface area contributed by atoms with E-state index in [2.05, 4.69) is 20.4 Å². The molecule has 23 heavy (non-hydrogen) atoms. The fraction of sp³-hybridized carbons (Fsp3) is 0.200. The van der Waals surface area contributed by atoms with Crippen LogP contribution < -0.4 is 0 Å². The maximum atomic E-state index is 13.0. The number of rotatable bonds is 3. The minimum absolute atomic E-state index is 0.311. The van der Waals surface area contributed by atoms with Gasteiger partial charge in [-0.25, -0.2) is 13.7 Å². The largest absolute Gasteiger partial charge is 0.221 e. The molecule has 0 aliphatic carbocycles. The molecule has 0 saturated heterocycles. The van der Waals surface area contributed by atoms with Crippen LogP contribution in [0.4, 0.5) is 4.39 Å². The van der Waals surface area contributed by atoms with Crippen LogP contribution in [0.5, 0.6) is 0 Å². The van der Waals surface area contributed by atoms with E-state index in [0.29, 0.717) is 33.7 Å². The maximum Gasteiger partial charge on any atom is 0.151 e. The van der Waals surface area contributed by atoms with Gasteiger partial charge in [-0.15, -0.1) is 10.2 Å². The fourth-order valence-electron chi connectivity index (χ4n) is 2.16. The predicted octanol–water partition coefficient (Wildman–Crippen LogP) is 3.06. The lowest BCUT2D eigenvalue weighted by atomic mass is 10.3. The lowest BCUT2D eigenvalue weighted by Crippen LogP contribution is -1.98. The van der Waals surface area contributed by atoms with E-state index in [1.165, 1.54) is 12.1 Å². The molecule has 3 rings (SSSR count). The highest BCUT2D eigenvalue weighted by Gasteiger charge is 2.13. The Morgan fingerprint density at radius 1 is 1.09 bits per heavy atom. The number of halogens is 2. The summed E-state index contributed by atoms with van der Waals surface area (Å²) in [5.74, 6) is 1.05. The van der Waals surface area contributed by atoms with Crippen LogP contribution in [0.3, 0.4) is 0 Å². The molecule has 0 N–H and O–H groups in total. The van der Waals surface area contributed by atoms with Gasteiger partial charge in [0.15, 0.2) is 11.6 Å². The molecule has 0 bridgehead atoms. The zero-order chi connectivity index (χ0) is 16.6. The average molecular weight is 333 g/mol. The van der Waals surface area contributed by atoms with Crippen LogP contribution in [0.15, 0.2) is 29.4 Å². The predicted molar refractivity (Wildman–Crippen MR) is 85.8 cm³/mol. The quantitative estimate of drug-likeness (QED) is 0.692. The van der Waals surface area contributed by atoms with E-state index in [1.807, 2.05) is 20.8 Å². The minimum atomic E-state index is -0.311. The number of hydrogen-bond donors (Lipinski definition) is 0. The van der Waals surface area contributed by atoms with Crippen LogP contribution in [0.1, 0.15) is 22.9 Å². The number of benzene rings is 1. The molecular formula is C15H14ClFN6. The molecule has 8 heteroatoms. The Kier molecular flexibility index (Phi) is 3.96. The molecule has 2 heterocycles. The highest BCUT2D eigenvalue weighted by molar-refractivity contribution is 6.32. The smallest absolute Gasteiger partial charge is 0.151 e. The molecule has 0 saturated carbocycles. The van der Waals surface area contributed by atoms with Gasteiger partial charge in [0.25, 0.3) is 0 Å². The third-order valence-electron chi connectivity index (χ3n) is 3.37. The molecule has 0 aliphatic heterocycles. The maximum absolute atomic E-state index is 13.0. The van der Waals surface area contributed by atoms with Gasteiger partial charge in [-0.05, 0) is 45.0 Å². The third-order valence-corrected chi connectivity index (χ3v) is 3.74. The summed E-state index contributed by atoms with van der Waals surface area (Å²) in [6, 6.07) is 5.95. The van der Waals surface area contributed by atoms with E-state index < -0.39 is 0 Å². The summed E-state index contributed by atoms with van der Waals surface area (Å²) in [6.07, 6.45) is 1.62. The lowest BCUT2D eigenvalue weighted by molar-refractivity contribution is 0.627. The summed E-state index contributed by atoms with van der Waals surface area (Å²) in [5, 5.41) is 17.0. The standard InChI is InChI=1S/C15H14ClFN6/c1-9-14(8-18-22-10(2)19-20-11(22)3)15(16)23(21-9)13-6-4-12(17)5-7-13/h4-8H,1-3H3/b18-8-. The molecule has 0 atom stereocenters. The Morgan fingerprint density at radius 2 is 1.70 bits per heavy atom. The van der Waals surface area contributed by atoms with E-state index in [9.17, 15) is 4.39 Å². The van der Waals surface area contributed by atoms with E-state index in [-0.39, 0.29) is 5.82 Å². The first kappa shape index (κ1) is 15.4. The highest BCUT2D eigenvalue weighted by atomic mass is 35.5. The molecule has 0 radical (unpaired) electrons. The molecule has 0 unspecified atom stereocenters. The van der Waals surface area contributed by atoms with Crippen molar-refractivity contribution in [3.05, 3.63) is 58.1 Å². The minimum Gasteiger partial charge on any atom is -0.221 e. The summed E-state index contributed by atoms with van der Waals surface area (Å²) < 4.78 is 16.2. The number of hydrogen-bond acceptors (Lipinski definition) is 4. The second-order valence-electron chi connectivity index (χ2n) is 5.03. The van der Waals surface area contributed by atoms with Gasteiger partial charge in [0.1, 0.15) is 11.0 Å². The van der Waals surface area contributed by atoms with Crippen molar-refractivity contribution in [2.24, 2.45) is 5.10 Å². The number of nitrogens with zero attached hydrogens (tertiary/aromatic N) is 6. The second-order valence-corrected chi connectivity index (χ2v) is 5.39. The van der Waals surface area contributed by atoms with Gasteiger partial charge in [-0.1, -0.05) is 11.6 Å². The molecule has 0 fully saturated rings. The van der Waals surface area contributed by atoms with Crippen LogP contribution in [0.2, 0.25) is 5.15 Å². The van der Waals surface area contributed by atoms with Crippen molar-refractivity contribution >= 4 is 17.8 Å². The molecule has 0 spiro atoms.